The molecule has 0 aliphatic rings. The van der Waals surface area contributed by atoms with Crippen molar-refractivity contribution >= 4 is 37.6 Å². The lowest BCUT2D eigenvalue weighted by Gasteiger charge is -2.13. The van der Waals surface area contributed by atoms with Crippen LogP contribution in [0.2, 0.25) is 0 Å². The SMILES string of the molecule is CCOc1ccc(Br)cc1S(=O)(=O)Nc1ccc(C(=O)[O-])cc1. The number of ether oxygens (including phenoxy) is 1. The Morgan fingerprint density at radius 2 is 1.87 bits per heavy atom. The number of carboxylic acid groups (broad SMARTS) is 1. The van der Waals surface area contributed by atoms with Gasteiger partial charge < -0.3 is 14.6 Å². The smallest absolute Gasteiger partial charge is 0.265 e. The Hall–Kier alpha value is -2.06. The van der Waals surface area contributed by atoms with Crippen LogP contribution in [-0.4, -0.2) is 21.0 Å². The number of anilines is 1. The van der Waals surface area contributed by atoms with Crippen LogP contribution in [0.15, 0.2) is 51.8 Å². The van der Waals surface area contributed by atoms with Gasteiger partial charge in [-0.25, -0.2) is 8.42 Å². The van der Waals surface area contributed by atoms with Crippen LogP contribution < -0.4 is 14.6 Å². The van der Waals surface area contributed by atoms with Crippen molar-refractivity contribution < 1.29 is 23.1 Å². The number of carboxylic acids is 1. The van der Waals surface area contributed by atoms with Gasteiger partial charge in [0.05, 0.1) is 12.6 Å². The number of nitrogens with one attached hydrogen (secondary N) is 1. The van der Waals surface area contributed by atoms with E-state index in [0.29, 0.717) is 11.1 Å². The molecule has 0 aromatic heterocycles. The Labute approximate surface area is 142 Å². The van der Waals surface area contributed by atoms with Crippen molar-refractivity contribution in [2.75, 3.05) is 11.3 Å². The molecule has 0 saturated heterocycles. The van der Waals surface area contributed by atoms with E-state index >= 15 is 0 Å². The van der Waals surface area contributed by atoms with Crippen LogP contribution >= 0.6 is 15.9 Å². The highest BCUT2D eigenvalue weighted by Crippen LogP contribution is 2.29. The van der Waals surface area contributed by atoms with E-state index in [0.717, 1.165) is 0 Å². The molecule has 2 rings (SSSR count). The van der Waals surface area contributed by atoms with Crippen molar-refractivity contribution in [1.29, 1.82) is 0 Å². The molecule has 122 valence electrons. The molecule has 0 saturated carbocycles. The largest absolute Gasteiger partial charge is 0.545 e. The summed E-state index contributed by atoms with van der Waals surface area (Å²) in [6, 6.07) is 9.89. The zero-order valence-electron chi connectivity index (χ0n) is 12.1. The first-order valence-corrected chi connectivity index (χ1v) is 8.87. The second-order valence-electron chi connectivity index (χ2n) is 4.49. The normalized spacial score (nSPS) is 11.0. The third kappa shape index (κ3) is 4.23. The van der Waals surface area contributed by atoms with Gasteiger partial charge in [0.1, 0.15) is 10.6 Å². The van der Waals surface area contributed by atoms with Gasteiger partial charge in [-0.1, -0.05) is 28.1 Å². The number of carbonyl (C=O) groups excluding carboxylic acids is 1. The lowest BCUT2D eigenvalue weighted by Crippen LogP contribution is -2.22. The first-order valence-electron chi connectivity index (χ1n) is 6.60. The summed E-state index contributed by atoms with van der Waals surface area (Å²) in [6.45, 7) is 2.08. The number of aromatic carboxylic acids is 1. The van der Waals surface area contributed by atoms with Crippen molar-refractivity contribution in [1.82, 2.24) is 0 Å². The van der Waals surface area contributed by atoms with Gasteiger partial charge in [0, 0.05) is 10.2 Å². The standard InChI is InChI=1S/C15H14BrNO5S/c1-2-22-13-8-5-11(16)9-14(13)23(20,21)17-12-6-3-10(4-7-12)15(18)19/h3-9,17H,2H2,1H3,(H,18,19)/p-1. The van der Waals surface area contributed by atoms with E-state index in [2.05, 4.69) is 20.7 Å². The minimum absolute atomic E-state index is 0.0160. The topological polar surface area (TPSA) is 95.5 Å². The number of hydrogen-bond acceptors (Lipinski definition) is 5. The highest BCUT2D eigenvalue weighted by molar-refractivity contribution is 9.10. The minimum atomic E-state index is -3.89. The summed E-state index contributed by atoms with van der Waals surface area (Å²) < 4.78 is 33.4. The molecule has 0 aliphatic heterocycles. The van der Waals surface area contributed by atoms with Gasteiger partial charge in [0.2, 0.25) is 0 Å². The summed E-state index contributed by atoms with van der Waals surface area (Å²) in [4.78, 5) is 10.7. The molecule has 0 bridgehead atoms. The average molecular weight is 399 g/mol. The summed E-state index contributed by atoms with van der Waals surface area (Å²) in [5.41, 5.74) is 0.197. The molecule has 2 aromatic rings. The zero-order chi connectivity index (χ0) is 17.0. The molecule has 0 spiro atoms. The first kappa shape index (κ1) is 17.3. The van der Waals surface area contributed by atoms with Crippen LogP contribution in [0.3, 0.4) is 0 Å². The lowest BCUT2D eigenvalue weighted by atomic mass is 10.2. The molecule has 0 unspecified atom stereocenters. The van der Waals surface area contributed by atoms with Crippen LogP contribution in [0.25, 0.3) is 0 Å². The van der Waals surface area contributed by atoms with Crippen LogP contribution in [-0.2, 0) is 10.0 Å². The maximum absolute atomic E-state index is 12.5. The number of benzene rings is 2. The van der Waals surface area contributed by atoms with E-state index in [1.54, 1.807) is 19.1 Å². The van der Waals surface area contributed by atoms with Crippen molar-refractivity contribution in [3.63, 3.8) is 0 Å². The number of hydrogen-bond donors (Lipinski definition) is 1. The van der Waals surface area contributed by atoms with E-state index in [-0.39, 0.29) is 21.9 Å². The molecular weight excluding hydrogens is 386 g/mol. The maximum atomic E-state index is 12.5. The molecule has 6 nitrogen and oxygen atoms in total. The summed E-state index contributed by atoms with van der Waals surface area (Å²) in [7, 11) is -3.89. The predicted octanol–water partition coefficient (Wildman–Crippen LogP) is 2.01. The number of carbonyl (C=O) groups is 1. The second kappa shape index (κ2) is 7.01. The maximum Gasteiger partial charge on any atom is 0.265 e. The average Bonchev–Trinajstić information content (AvgIpc) is 2.49. The number of rotatable bonds is 6. The third-order valence-electron chi connectivity index (χ3n) is 2.87. The Kier molecular flexibility index (Phi) is 5.27. The van der Waals surface area contributed by atoms with Gasteiger partial charge in [-0.2, -0.15) is 0 Å². The predicted molar refractivity (Wildman–Crippen MR) is 86.9 cm³/mol. The fraction of sp³-hybridized carbons (Fsp3) is 0.133. The van der Waals surface area contributed by atoms with E-state index in [1.807, 2.05) is 0 Å². The van der Waals surface area contributed by atoms with Crippen LogP contribution in [0.1, 0.15) is 17.3 Å². The summed E-state index contributed by atoms with van der Waals surface area (Å²) in [5.74, 6) is -1.10. The molecule has 0 heterocycles. The fourth-order valence-electron chi connectivity index (χ4n) is 1.85. The van der Waals surface area contributed by atoms with Gasteiger partial charge >= 0.3 is 0 Å². The summed E-state index contributed by atoms with van der Waals surface area (Å²) >= 11 is 3.23. The van der Waals surface area contributed by atoms with Crippen LogP contribution in [0.4, 0.5) is 5.69 Å². The molecule has 2 aromatic carbocycles. The number of sulfonamides is 1. The Bertz CT molecular complexity index is 818. The highest BCUT2D eigenvalue weighted by atomic mass is 79.9. The number of halogens is 1. The van der Waals surface area contributed by atoms with Gasteiger partial charge in [0.15, 0.2) is 0 Å². The van der Waals surface area contributed by atoms with E-state index in [4.69, 9.17) is 4.74 Å². The summed E-state index contributed by atoms with van der Waals surface area (Å²) in [6.07, 6.45) is 0. The molecule has 0 radical (unpaired) electrons. The molecule has 0 fully saturated rings. The van der Waals surface area contributed by atoms with Crippen molar-refractivity contribution in [3.8, 4) is 5.75 Å². The zero-order valence-corrected chi connectivity index (χ0v) is 14.5. The quantitative estimate of drug-likeness (QED) is 0.802. The highest BCUT2D eigenvalue weighted by Gasteiger charge is 2.20. The van der Waals surface area contributed by atoms with Gasteiger partial charge in [0.25, 0.3) is 10.0 Å². The lowest BCUT2D eigenvalue weighted by molar-refractivity contribution is -0.255. The Morgan fingerprint density at radius 1 is 1.22 bits per heavy atom. The third-order valence-corrected chi connectivity index (χ3v) is 4.76. The molecular formula is C15H13BrNO5S-. The van der Waals surface area contributed by atoms with Crippen LogP contribution in [0, 0.1) is 0 Å². The molecule has 0 amide bonds. The molecule has 0 aliphatic carbocycles. The fourth-order valence-corrected chi connectivity index (χ4v) is 3.59. The Morgan fingerprint density at radius 3 is 2.43 bits per heavy atom. The van der Waals surface area contributed by atoms with Crippen LogP contribution in [0.5, 0.6) is 5.75 Å². The Balaban J connectivity index is 2.35. The van der Waals surface area contributed by atoms with Crippen molar-refractivity contribution in [2.24, 2.45) is 0 Å². The molecule has 8 heteroatoms. The minimum Gasteiger partial charge on any atom is -0.545 e. The first-order chi connectivity index (χ1) is 10.8. The van der Waals surface area contributed by atoms with Crippen molar-refractivity contribution in [3.05, 3.63) is 52.5 Å². The van der Waals surface area contributed by atoms with Gasteiger partial charge in [-0.15, -0.1) is 0 Å². The second-order valence-corrected chi connectivity index (χ2v) is 7.06. The molecule has 0 atom stereocenters. The van der Waals surface area contributed by atoms with Crippen molar-refractivity contribution in [2.45, 2.75) is 11.8 Å². The monoisotopic (exact) mass is 398 g/mol. The molecule has 1 N–H and O–H groups in total. The summed E-state index contributed by atoms with van der Waals surface area (Å²) in [5, 5.41) is 10.7. The van der Waals surface area contributed by atoms with Gasteiger partial charge in [-0.3, -0.25) is 4.72 Å². The van der Waals surface area contributed by atoms with E-state index < -0.39 is 16.0 Å². The molecule has 23 heavy (non-hydrogen) atoms. The van der Waals surface area contributed by atoms with Gasteiger partial charge in [-0.05, 0) is 42.8 Å². The van der Waals surface area contributed by atoms with E-state index in [9.17, 15) is 18.3 Å². The van der Waals surface area contributed by atoms with E-state index in [1.165, 1.54) is 30.3 Å².